The van der Waals surface area contributed by atoms with Gasteiger partial charge in [0.2, 0.25) is 5.91 Å². The van der Waals surface area contributed by atoms with Crippen LogP contribution in [0.15, 0.2) is 24.7 Å². The molecule has 8 heteroatoms. The number of piperidine rings is 1. The first-order chi connectivity index (χ1) is 16.0. The number of hydrogen-bond donors (Lipinski definition) is 2. The third-order valence-electron chi connectivity index (χ3n) is 7.29. The number of rotatable bonds is 4. The van der Waals surface area contributed by atoms with Crippen molar-refractivity contribution in [3.63, 3.8) is 0 Å². The van der Waals surface area contributed by atoms with Crippen molar-refractivity contribution in [1.82, 2.24) is 29.8 Å². The molecule has 0 radical (unpaired) electrons. The Morgan fingerprint density at radius 2 is 2.00 bits per heavy atom. The third-order valence-corrected chi connectivity index (χ3v) is 8.62. The molecule has 4 aromatic heterocycles. The maximum atomic E-state index is 12.6. The van der Waals surface area contributed by atoms with E-state index in [0.29, 0.717) is 17.7 Å². The molecule has 2 saturated heterocycles. The van der Waals surface area contributed by atoms with Crippen molar-refractivity contribution in [2.24, 2.45) is 5.92 Å². The fourth-order valence-corrected chi connectivity index (χ4v) is 6.82. The van der Waals surface area contributed by atoms with Gasteiger partial charge in [-0.15, -0.1) is 11.3 Å². The predicted molar refractivity (Wildman–Crippen MR) is 132 cm³/mol. The number of nitrogens with one attached hydrogen (secondary N) is 2. The number of aryl methyl sites for hydroxylation is 1. The van der Waals surface area contributed by atoms with Crippen LogP contribution in [0.4, 0.5) is 0 Å². The van der Waals surface area contributed by atoms with Crippen molar-refractivity contribution in [3.05, 3.63) is 40.7 Å². The van der Waals surface area contributed by atoms with E-state index in [1.165, 1.54) is 26.4 Å². The number of carbonyl (C=O) groups is 1. The Morgan fingerprint density at radius 3 is 2.70 bits per heavy atom. The molecule has 0 atom stereocenters. The van der Waals surface area contributed by atoms with Gasteiger partial charge >= 0.3 is 0 Å². The van der Waals surface area contributed by atoms with Crippen molar-refractivity contribution in [2.45, 2.75) is 45.4 Å². The summed E-state index contributed by atoms with van der Waals surface area (Å²) in [5.41, 5.74) is 6.97. The van der Waals surface area contributed by atoms with Gasteiger partial charge in [-0.2, -0.15) is 5.10 Å². The van der Waals surface area contributed by atoms with Gasteiger partial charge in [0.25, 0.3) is 0 Å². The van der Waals surface area contributed by atoms with Gasteiger partial charge in [-0.25, -0.2) is 9.50 Å². The number of hydrogen-bond acceptors (Lipinski definition) is 5. The van der Waals surface area contributed by atoms with Crippen molar-refractivity contribution in [1.29, 1.82) is 0 Å². The van der Waals surface area contributed by atoms with E-state index in [0.717, 1.165) is 55.8 Å². The topological polar surface area (TPSA) is 78.3 Å². The van der Waals surface area contributed by atoms with E-state index in [9.17, 15) is 4.79 Å². The molecule has 2 fully saturated rings. The molecule has 4 aromatic rings. The molecule has 33 heavy (non-hydrogen) atoms. The summed E-state index contributed by atoms with van der Waals surface area (Å²) < 4.78 is 3.23. The Morgan fingerprint density at radius 1 is 1.21 bits per heavy atom. The maximum Gasteiger partial charge on any atom is 0.228 e. The lowest BCUT2D eigenvalue weighted by Crippen LogP contribution is -2.53. The van der Waals surface area contributed by atoms with Crippen LogP contribution >= 0.6 is 11.3 Å². The number of nitrogens with zero attached hydrogens (tertiary/aromatic N) is 4. The standard InChI is InChI=1S/C25H30N6OS/c1-14(2)21-22(17-8-15(3)24-27-13-28-31(24)12-17)29-19-9-20(33-23(19)21)16-4-6-30(7-5-16)25(32)18-10-26-11-18/h8-9,12-14,16,18,26,29H,4-7,10-11H2,1-3H3. The molecule has 0 bridgehead atoms. The average molecular weight is 463 g/mol. The van der Waals surface area contributed by atoms with E-state index in [1.807, 2.05) is 15.9 Å². The number of carbonyl (C=O) groups excluding carboxylic acids is 1. The number of H-pyrrole nitrogens is 1. The van der Waals surface area contributed by atoms with Crippen LogP contribution in [-0.4, -0.2) is 56.6 Å². The largest absolute Gasteiger partial charge is 0.354 e. The van der Waals surface area contributed by atoms with Gasteiger partial charge in [0.15, 0.2) is 5.65 Å². The van der Waals surface area contributed by atoms with Crippen molar-refractivity contribution in [3.8, 4) is 11.3 Å². The van der Waals surface area contributed by atoms with Crippen molar-refractivity contribution >= 4 is 33.1 Å². The number of likely N-dealkylation sites (tertiary alicyclic amines) is 1. The highest BCUT2D eigenvalue weighted by Crippen LogP contribution is 2.43. The number of aromatic amines is 1. The monoisotopic (exact) mass is 462 g/mol. The second-order valence-corrected chi connectivity index (χ2v) is 10.9. The zero-order valence-corrected chi connectivity index (χ0v) is 20.2. The lowest BCUT2D eigenvalue weighted by Gasteiger charge is -2.36. The minimum atomic E-state index is 0.203. The molecule has 172 valence electrons. The minimum Gasteiger partial charge on any atom is -0.354 e. The smallest absolute Gasteiger partial charge is 0.228 e. The van der Waals surface area contributed by atoms with Gasteiger partial charge in [0, 0.05) is 42.8 Å². The van der Waals surface area contributed by atoms with Crippen molar-refractivity contribution in [2.75, 3.05) is 26.2 Å². The van der Waals surface area contributed by atoms with Crippen LogP contribution in [-0.2, 0) is 4.79 Å². The van der Waals surface area contributed by atoms with Crippen molar-refractivity contribution < 1.29 is 4.79 Å². The van der Waals surface area contributed by atoms with Crippen LogP contribution in [0.25, 0.3) is 27.1 Å². The van der Waals surface area contributed by atoms with Gasteiger partial charge < -0.3 is 15.2 Å². The second kappa shape index (κ2) is 7.95. The summed E-state index contributed by atoms with van der Waals surface area (Å²) in [6.07, 6.45) is 5.79. The normalized spacial score (nSPS) is 18.0. The van der Waals surface area contributed by atoms with Crippen LogP contribution in [0.3, 0.4) is 0 Å². The summed E-state index contributed by atoms with van der Waals surface area (Å²) in [5.74, 6) is 1.49. The number of fused-ring (bicyclic) bond motifs is 2. The quantitative estimate of drug-likeness (QED) is 0.474. The molecule has 0 aromatic carbocycles. The van der Waals surface area contributed by atoms with Crippen LogP contribution in [0.1, 0.15) is 54.5 Å². The molecule has 7 nitrogen and oxygen atoms in total. The highest BCUT2D eigenvalue weighted by atomic mass is 32.1. The number of amides is 1. The summed E-state index contributed by atoms with van der Waals surface area (Å²) >= 11 is 1.94. The zero-order valence-electron chi connectivity index (χ0n) is 19.4. The van der Waals surface area contributed by atoms with E-state index in [4.69, 9.17) is 0 Å². The summed E-state index contributed by atoms with van der Waals surface area (Å²) in [6, 6.07) is 4.56. The molecule has 1 amide bonds. The molecule has 2 aliphatic rings. The molecule has 2 N–H and O–H groups in total. The molecule has 0 spiro atoms. The molecule has 6 rings (SSSR count). The highest BCUT2D eigenvalue weighted by molar-refractivity contribution is 7.19. The predicted octanol–water partition coefficient (Wildman–Crippen LogP) is 4.30. The SMILES string of the molecule is Cc1cc(-c2[nH]c3cc(C4CCN(C(=O)C5CNC5)CC4)sc3c2C(C)C)cn2ncnc12. The molecule has 0 unspecified atom stereocenters. The van der Waals surface area contributed by atoms with Gasteiger partial charge in [0.05, 0.1) is 21.8 Å². The van der Waals surface area contributed by atoms with Crippen LogP contribution in [0.2, 0.25) is 0 Å². The fourth-order valence-electron chi connectivity index (χ4n) is 5.33. The lowest BCUT2D eigenvalue weighted by molar-refractivity contribution is -0.138. The number of aromatic nitrogens is 4. The molecular formula is C25H30N6OS. The van der Waals surface area contributed by atoms with Crippen LogP contribution in [0.5, 0.6) is 0 Å². The Balaban J connectivity index is 1.29. The fraction of sp³-hybridized carbons (Fsp3) is 0.480. The Kier molecular flexibility index (Phi) is 5.03. The molecule has 0 saturated carbocycles. The highest BCUT2D eigenvalue weighted by Gasteiger charge is 2.32. The Hall–Kier alpha value is -2.71. The van der Waals surface area contributed by atoms with E-state index in [-0.39, 0.29) is 5.92 Å². The molecule has 0 aliphatic carbocycles. The third kappa shape index (κ3) is 3.47. The first-order valence-corrected chi connectivity index (χ1v) is 12.8. The molecule has 2 aliphatic heterocycles. The van der Waals surface area contributed by atoms with Gasteiger partial charge in [0.1, 0.15) is 6.33 Å². The van der Waals surface area contributed by atoms with Gasteiger partial charge in [-0.1, -0.05) is 13.8 Å². The summed E-state index contributed by atoms with van der Waals surface area (Å²) in [5, 5.41) is 7.57. The van der Waals surface area contributed by atoms with E-state index in [1.54, 1.807) is 6.33 Å². The summed E-state index contributed by atoms with van der Waals surface area (Å²) in [6.45, 7) is 10.1. The van der Waals surface area contributed by atoms with E-state index < -0.39 is 0 Å². The minimum absolute atomic E-state index is 0.203. The maximum absolute atomic E-state index is 12.6. The van der Waals surface area contributed by atoms with Crippen LogP contribution in [0, 0.1) is 12.8 Å². The van der Waals surface area contributed by atoms with Crippen LogP contribution < -0.4 is 5.32 Å². The number of pyridine rings is 1. The average Bonchev–Trinajstić information content (AvgIpc) is 3.46. The Bertz CT molecular complexity index is 1340. The first-order valence-electron chi connectivity index (χ1n) is 11.9. The summed E-state index contributed by atoms with van der Waals surface area (Å²) in [7, 11) is 0. The van der Waals surface area contributed by atoms with Gasteiger partial charge in [-0.3, -0.25) is 4.79 Å². The number of thiophene rings is 1. The van der Waals surface area contributed by atoms with E-state index in [2.05, 4.69) is 64.4 Å². The summed E-state index contributed by atoms with van der Waals surface area (Å²) in [4.78, 5) is 24.2. The Labute approximate surface area is 197 Å². The molecular weight excluding hydrogens is 432 g/mol. The first kappa shape index (κ1) is 20.9. The second-order valence-electron chi connectivity index (χ2n) is 9.85. The zero-order chi connectivity index (χ0) is 22.7. The molecule has 6 heterocycles. The lowest BCUT2D eigenvalue weighted by atomic mass is 9.93. The van der Waals surface area contributed by atoms with Gasteiger partial charge in [-0.05, 0) is 54.9 Å². The van der Waals surface area contributed by atoms with E-state index >= 15 is 0 Å².